The molecule has 0 aliphatic carbocycles. The van der Waals surface area contributed by atoms with Crippen LogP contribution in [0, 0.1) is 24.1 Å². The highest BCUT2D eigenvalue weighted by Crippen LogP contribution is 2.35. The Hall–Kier alpha value is -3.16. The molecule has 0 atom stereocenters. The van der Waals surface area contributed by atoms with Crippen molar-refractivity contribution in [1.29, 1.82) is 5.26 Å². The van der Waals surface area contributed by atoms with Gasteiger partial charge in [0.1, 0.15) is 27.6 Å². The summed E-state index contributed by atoms with van der Waals surface area (Å²) < 4.78 is 16.5. The maximum absolute atomic E-state index is 14.4. The molecule has 2 aromatic rings. The predicted molar refractivity (Wildman–Crippen MR) is 142 cm³/mol. The number of aromatic nitrogens is 1. The molecule has 7 nitrogen and oxygen atoms in total. The number of halogens is 1. The minimum atomic E-state index is -0.335. The van der Waals surface area contributed by atoms with E-state index < -0.39 is 0 Å². The van der Waals surface area contributed by atoms with Gasteiger partial charge in [0.15, 0.2) is 0 Å². The second-order valence-electron chi connectivity index (χ2n) is 8.47. The van der Waals surface area contributed by atoms with Crippen LogP contribution in [0.4, 0.5) is 15.9 Å². The molecule has 2 fully saturated rings. The number of amides is 1. The Morgan fingerprint density at radius 2 is 1.83 bits per heavy atom. The zero-order valence-corrected chi connectivity index (χ0v) is 21.5. The first-order valence-corrected chi connectivity index (χ1v) is 12.6. The number of carbonyl (C=O) groups excluding carboxylic acids is 1. The van der Waals surface area contributed by atoms with E-state index in [0.29, 0.717) is 71.0 Å². The molecule has 10 heteroatoms. The lowest BCUT2D eigenvalue weighted by Crippen LogP contribution is -2.49. The summed E-state index contributed by atoms with van der Waals surface area (Å²) in [6, 6.07) is 8.76. The van der Waals surface area contributed by atoms with Crippen molar-refractivity contribution in [3.63, 3.8) is 0 Å². The van der Waals surface area contributed by atoms with Crippen LogP contribution in [0.15, 0.2) is 34.0 Å². The molecule has 0 radical (unpaired) electrons. The predicted octanol–water partition coefficient (Wildman–Crippen LogP) is 3.74. The van der Waals surface area contributed by atoms with Gasteiger partial charge in [-0.25, -0.2) is 4.39 Å². The van der Waals surface area contributed by atoms with Gasteiger partial charge in [-0.1, -0.05) is 43.0 Å². The minimum absolute atomic E-state index is 0.0745. The monoisotopic (exact) mass is 511 g/mol. The maximum Gasteiger partial charge on any atom is 0.270 e. The number of nitriles is 1. The van der Waals surface area contributed by atoms with E-state index >= 15 is 0 Å². The molecule has 2 saturated heterocycles. The van der Waals surface area contributed by atoms with Gasteiger partial charge in [-0.2, -0.15) is 5.26 Å². The highest BCUT2D eigenvalue weighted by Gasteiger charge is 2.31. The molecule has 0 saturated carbocycles. The zero-order chi connectivity index (χ0) is 25.3. The number of anilines is 2. The van der Waals surface area contributed by atoms with Crippen molar-refractivity contribution in [3.05, 3.63) is 62.0 Å². The van der Waals surface area contributed by atoms with Crippen LogP contribution in [-0.2, 0) is 11.3 Å². The van der Waals surface area contributed by atoms with Crippen LogP contribution < -0.4 is 15.4 Å². The van der Waals surface area contributed by atoms with Crippen molar-refractivity contribution in [2.24, 2.45) is 0 Å². The highest BCUT2D eigenvalue weighted by atomic mass is 32.2. The van der Waals surface area contributed by atoms with E-state index in [4.69, 9.17) is 12.2 Å². The SMILES string of the molecule is CCCn1c(N2CCN(c3ccccc3F)CC2)c(C=C2SC(=S)N(C)C2=O)c(C)c(C#N)c1=O. The molecule has 0 unspecified atom stereocenters. The molecular weight excluding hydrogens is 485 g/mol. The number of para-hydroxylation sites is 1. The van der Waals surface area contributed by atoms with Crippen LogP contribution in [0.25, 0.3) is 6.08 Å². The Balaban J connectivity index is 1.81. The largest absolute Gasteiger partial charge is 0.366 e. The Kier molecular flexibility index (Phi) is 7.28. The van der Waals surface area contributed by atoms with Crippen molar-refractivity contribution < 1.29 is 9.18 Å². The average Bonchev–Trinajstić information content (AvgIpc) is 3.09. The third kappa shape index (κ3) is 4.58. The van der Waals surface area contributed by atoms with Crippen LogP contribution in [0.2, 0.25) is 0 Å². The Morgan fingerprint density at radius 3 is 2.40 bits per heavy atom. The highest BCUT2D eigenvalue weighted by molar-refractivity contribution is 8.26. The number of hydrogen-bond donors (Lipinski definition) is 0. The van der Waals surface area contributed by atoms with Gasteiger partial charge in [-0.05, 0) is 37.1 Å². The first-order chi connectivity index (χ1) is 16.8. The van der Waals surface area contributed by atoms with Gasteiger partial charge in [0.25, 0.3) is 11.5 Å². The summed E-state index contributed by atoms with van der Waals surface area (Å²) in [6.07, 6.45) is 2.45. The lowest BCUT2D eigenvalue weighted by molar-refractivity contribution is -0.121. The number of benzene rings is 1. The number of likely N-dealkylation sites (N-methyl/N-ethyl adjacent to an activating group) is 1. The van der Waals surface area contributed by atoms with E-state index in [0.717, 1.165) is 0 Å². The fourth-order valence-electron chi connectivity index (χ4n) is 4.46. The fourth-order valence-corrected chi connectivity index (χ4v) is 5.62. The van der Waals surface area contributed by atoms with Crippen molar-refractivity contribution in [2.75, 3.05) is 43.0 Å². The first-order valence-electron chi connectivity index (χ1n) is 11.4. The van der Waals surface area contributed by atoms with Crippen molar-refractivity contribution in [1.82, 2.24) is 9.47 Å². The Labute approximate surface area is 213 Å². The molecule has 0 bridgehead atoms. The Morgan fingerprint density at radius 1 is 1.17 bits per heavy atom. The number of thioether (sulfide) groups is 1. The summed E-state index contributed by atoms with van der Waals surface area (Å²) in [5, 5.41) is 9.76. The van der Waals surface area contributed by atoms with E-state index in [-0.39, 0.29) is 22.8 Å². The summed E-state index contributed by atoms with van der Waals surface area (Å²) in [7, 11) is 1.63. The van der Waals surface area contributed by atoms with Crippen LogP contribution in [0.5, 0.6) is 0 Å². The number of thiocarbonyl (C=S) groups is 1. The molecule has 4 rings (SSSR count). The van der Waals surface area contributed by atoms with Crippen LogP contribution in [0.3, 0.4) is 0 Å². The van der Waals surface area contributed by atoms with Gasteiger partial charge in [0.05, 0.1) is 10.6 Å². The smallest absolute Gasteiger partial charge is 0.270 e. The normalized spacial score (nSPS) is 17.5. The number of carbonyl (C=O) groups is 1. The van der Waals surface area contributed by atoms with E-state index in [1.165, 1.54) is 22.7 Å². The van der Waals surface area contributed by atoms with Gasteiger partial charge in [-0.15, -0.1) is 0 Å². The lowest BCUT2D eigenvalue weighted by atomic mass is 10.0. The van der Waals surface area contributed by atoms with Gasteiger partial charge in [0, 0.05) is 45.3 Å². The van der Waals surface area contributed by atoms with E-state index in [2.05, 4.69) is 11.0 Å². The molecule has 2 aliphatic rings. The topological polar surface area (TPSA) is 72.6 Å². The lowest BCUT2D eigenvalue weighted by Gasteiger charge is -2.39. The van der Waals surface area contributed by atoms with Crippen LogP contribution >= 0.6 is 24.0 Å². The Bertz CT molecular complexity index is 1320. The minimum Gasteiger partial charge on any atom is -0.366 e. The molecular formula is C25H26FN5O2S2. The molecule has 182 valence electrons. The third-order valence-corrected chi connectivity index (χ3v) is 7.81. The van der Waals surface area contributed by atoms with Crippen molar-refractivity contribution in [3.8, 4) is 6.07 Å². The maximum atomic E-state index is 14.4. The zero-order valence-electron chi connectivity index (χ0n) is 19.9. The third-order valence-electron chi connectivity index (χ3n) is 6.33. The quantitative estimate of drug-likeness (QED) is 0.447. The molecule has 3 heterocycles. The van der Waals surface area contributed by atoms with E-state index in [9.17, 15) is 19.2 Å². The molecule has 35 heavy (non-hydrogen) atoms. The fraction of sp³-hybridized carbons (Fsp3) is 0.360. The molecule has 2 aliphatic heterocycles. The van der Waals surface area contributed by atoms with E-state index in [1.54, 1.807) is 36.7 Å². The molecule has 1 aromatic heterocycles. The van der Waals surface area contributed by atoms with Crippen LogP contribution in [-0.4, -0.2) is 52.9 Å². The molecule has 0 spiro atoms. The number of piperazine rings is 1. The summed E-state index contributed by atoms with van der Waals surface area (Å²) in [4.78, 5) is 32.0. The number of rotatable bonds is 5. The number of pyridine rings is 1. The number of nitrogens with zero attached hydrogens (tertiary/aromatic N) is 5. The summed E-state index contributed by atoms with van der Waals surface area (Å²) in [6.45, 7) is 6.39. The summed E-state index contributed by atoms with van der Waals surface area (Å²) in [5.74, 6) is 0.213. The average molecular weight is 512 g/mol. The van der Waals surface area contributed by atoms with Gasteiger partial charge < -0.3 is 9.80 Å². The standard InChI is InChI=1S/C25H26FN5O2S2/c1-4-9-31-22(30-12-10-29(11-13-30)20-8-6-5-7-19(20)26)17(16(2)18(15-27)23(31)32)14-21-24(33)28(3)25(34)35-21/h5-8,14H,4,9-13H2,1-3H3. The molecule has 1 amide bonds. The van der Waals surface area contributed by atoms with Crippen molar-refractivity contribution in [2.45, 2.75) is 26.8 Å². The van der Waals surface area contributed by atoms with Gasteiger partial charge in [-0.3, -0.25) is 19.1 Å². The number of hydrogen-bond acceptors (Lipinski definition) is 7. The second-order valence-corrected chi connectivity index (χ2v) is 10.1. The van der Waals surface area contributed by atoms with Crippen molar-refractivity contribution >= 4 is 51.8 Å². The first kappa shape index (κ1) is 24.9. The molecule has 1 aromatic carbocycles. The molecule has 0 N–H and O–H groups in total. The van der Waals surface area contributed by atoms with Crippen LogP contribution in [0.1, 0.15) is 30.0 Å². The van der Waals surface area contributed by atoms with Gasteiger partial charge in [0.2, 0.25) is 0 Å². The summed E-state index contributed by atoms with van der Waals surface area (Å²) in [5.41, 5.74) is 1.51. The summed E-state index contributed by atoms with van der Waals surface area (Å²) >= 11 is 6.49. The van der Waals surface area contributed by atoms with E-state index in [1.807, 2.05) is 17.9 Å². The van der Waals surface area contributed by atoms with Gasteiger partial charge >= 0.3 is 0 Å². The second kappa shape index (κ2) is 10.2.